The van der Waals surface area contributed by atoms with Crippen LogP contribution in [0.25, 0.3) is 0 Å². The first-order valence-electron chi connectivity index (χ1n) is 17.6. The predicted octanol–water partition coefficient (Wildman–Crippen LogP) is 3.87. The summed E-state index contributed by atoms with van der Waals surface area (Å²) in [5, 5.41) is 7.40. The number of halogens is 1. The number of likely N-dealkylation sites (tertiary alicyclic amines) is 2. The Kier molecular flexibility index (Phi) is 10.9. The number of amides is 3. The largest absolute Gasteiger partial charge is 0.397 e. The summed E-state index contributed by atoms with van der Waals surface area (Å²) >= 11 is 6.49. The van der Waals surface area contributed by atoms with Crippen LogP contribution in [0.3, 0.4) is 0 Å². The van der Waals surface area contributed by atoms with Gasteiger partial charge in [-0.3, -0.25) is 19.9 Å². The molecule has 3 amide bonds. The summed E-state index contributed by atoms with van der Waals surface area (Å²) in [5.41, 5.74) is 10.8. The third-order valence-electron chi connectivity index (χ3n) is 11.0. The molecule has 1 unspecified atom stereocenters. The van der Waals surface area contributed by atoms with E-state index in [1.807, 2.05) is 36.1 Å². The molecule has 0 saturated carbocycles. The number of urea groups is 1. The maximum Gasteiger partial charge on any atom is 0.322 e. The molecule has 2 atom stereocenters. The van der Waals surface area contributed by atoms with Crippen molar-refractivity contribution in [1.29, 1.82) is 0 Å². The monoisotopic (exact) mass is 664 g/mol. The van der Waals surface area contributed by atoms with Gasteiger partial charge in [0.2, 0.25) is 5.91 Å². The standard InChI is InChI=1S/C36H53ClN8O2/c1-25-22-27(23-31(37)34(25)38)24-33(35(46)44-20-18-43(19-21-44)29-9-13-41(3)14-10-29)39-26(2)42-15-11-30(12-16-42)45-17-8-28-6-4-5-7-32(28)40-36(45)47/h4-7,22-23,26,29-30,33,39H,8-21,24,38H2,1-3H3,(H,40,47)/t26?,33-/m1/s1. The van der Waals surface area contributed by atoms with E-state index >= 15 is 0 Å². The quantitative estimate of drug-likeness (QED) is 0.369. The smallest absolute Gasteiger partial charge is 0.322 e. The van der Waals surface area contributed by atoms with E-state index in [1.165, 1.54) is 18.4 Å². The molecule has 10 nitrogen and oxygen atoms in total. The zero-order chi connectivity index (χ0) is 33.1. The zero-order valence-electron chi connectivity index (χ0n) is 28.4. The Balaban J connectivity index is 1.08. The third kappa shape index (κ3) is 8.05. The van der Waals surface area contributed by atoms with Gasteiger partial charge in [0, 0.05) is 63.6 Å². The van der Waals surface area contributed by atoms with Crippen molar-refractivity contribution >= 4 is 34.9 Å². The Morgan fingerprint density at radius 2 is 1.66 bits per heavy atom. The highest BCUT2D eigenvalue weighted by molar-refractivity contribution is 6.33. The number of nitrogens with one attached hydrogen (secondary N) is 2. The van der Waals surface area contributed by atoms with Gasteiger partial charge < -0.3 is 25.8 Å². The first kappa shape index (κ1) is 34.0. The lowest BCUT2D eigenvalue weighted by molar-refractivity contribution is -0.136. The second-order valence-electron chi connectivity index (χ2n) is 14.1. The number of piperidine rings is 2. The van der Waals surface area contributed by atoms with Crippen LogP contribution in [0.1, 0.15) is 49.3 Å². The first-order valence-corrected chi connectivity index (χ1v) is 18.0. The van der Waals surface area contributed by atoms with Crippen LogP contribution in [0, 0.1) is 6.92 Å². The molecule has 256 valence electrons. The number of aryl methyl sites for hydroxylation is 1. The van der Waals surface area contributed by atoms with Crippen molar-refractivity contribution < 1.29 is 9.59 Å². The molecule has 0 spiro atoms. The van der Waals surface area contributed by atoms with Gasteiger partial charge in [-0.1, -0.05) is 35.9 Å². The van der Waals surface area contributed by atoms with Crippen molar-refractivity contribution in [3.8, 4) is 0 Å². The minimum Gasteiger partial charge on any atom is -0.397 e. The number of nitrogens with zero attached hydrogens (tertiary/aromatic N) is 5. The average molecular weight is 665 g/mol. The van der Waals surface area contributed by atoms with Crippen LogP contribution in [0.4, 0.5) is 16.2 Å². The normalized spacial score (nSPS) is 22.4. The first-order chi connectivity index (χ1) is 22.7. The molecule has 47 heavy (non-hydrogen) atoms. The van der Waals surface area contributed by atoms with Gasteiger partial charge in [0.1, 0.15) is 0 Å². The van der Waals surface area contributed by atoms with Gasteiger partial charge in [-0.05, 0) is 101 Å². The van der Waals surface area contributed by atoms with Gasteiger partial charge in [0.05, 0.1) is 22.9 Å². The van der Waals surface area contributed by atoms with Crippen LogP contribution in [-0.2, 0) is 17.6 Å². The van der Waals surface area contributed by atoms with Crippen molar-refractivity contribution in [3.05, 3.63) is 58.1 Å². The number of carbonyl (C=O) groups excluding carboxylic acids is 2. The third-order valence-corrected chi connectivity index (χ3v) is 11.3. The number of hydrogen-bond acceptors (Lipinski definition) is 7. The molecular weight excluding hydrogens is 612 g/mol. The molecule has 4 N–H and O–H groups in total. The van der Waals surface area contributed by atoms with Crippen molar-refractivity contribution in [2.75, 3.05) is 77.0 Å². The van der Waals surface area contributed by atoms with Crippen LogP contribution < -0.4 is 16.4 Å². The summed E-state index contributed by atoms with van der Waals surface area (Å²) in [5.74, 6) is 0.154. The van der Waals surface area contributed by atoms with Crippen molar-refractivity contribution in [1.82, 2.24) is 29.8 Å². The zero-order valence-corrected chi connectivity index (χ0v) is 29.1. The molecule has 0 aromatic heterocycles. The fourth-order valence-electron chi connectivity index (χ4n) is 8.00. The van der Waals surface area contributed by atoms with Crippen LogP contribution in [0.15, 0.2) is 36.4 Å². The predicted molar refractivity (Wildman–Crippen MR) is 190 cm³/mol. The Bertz CT molecular complexity index is 1380. The number of anilines is 2. The Morgan fingerprint density at radius 1 is 0.979 bits per heavy atom. The van der Waals surface area contributed by atoms with E-state index in [4.69, 9.17) is 17.3 Å². The molecule has 0 radical (unpaired) electrons. The lowest BCUT2D eigenvalue weighted by Gasteiger charge is -2.44. The maximum atomic E-state index is 14.2. The molecule has 0 aliphatic carbocycles. The van der Waals surface area contributed by atoms with E-state index in [1.54, 1.807) is 0 Å². The van der Waals surface area contributed by atoms with Gasteiger partial charge in [0.15, 0.2) is 0 Å². The van der Waals surface area contributed by atoms with E-state index in [-0.39, 0.29) is 30.2 Å². The molecule has 0 bridgehead atoms. The summed E-state index contributed by atoms with van der Waals surface area (Å²) in [6.45, 7) is 12.2. The van der Waals surface area contributed by atoms with E-state index in [0.717, 1.165) is 95.0 Å². The van der Waals surface area contributed by atoms with Crippen LogP contribution in [-0.4, -0.2) is 127 Å². The topological polar surface area (TPSA) is 100 Å². The highest BCUT2D eigenvalue weighted by Crippen LogP contribution is 2.27. The number of carbonyl (C=O) groups is 2. The van der Waals surface area contributed by atoms with Crippen molar-refractivity contribution in [3.63, 3.8) is 0 Å². The summed E-state index contributed by atoms with van der Waals surface area (Å²) < 4.78 is 0. The maximum absolute atomic E-state index is 14.2. The van der Waals surface area contributed by atoms with Gasteiger partial charge >= 0.3 is 6.03 Å². The molecule has 6 rings (SSSR count). The summed E-state index contributed by atoms with van der Waals surface area (Å²) in [6, 6.07) is 12.5. The summed E-state index contributed by atoms with van der Waals surface area (Å²) in [7, 11) is 2.20. The van der Waals surface area contributed by atoms with Crippen LogP contribution in [0.5, 0.6) is 0 Å². The molecule has 2 aromatic rings. The molecular formula is C36H53ClN8O2. The van der Waals surface area contributed by atoms with E-state index in [2.05, 4.69) is 56.3 Å². The van der Waals surface area contributed by atoms with Crippen molar-refractivity contribution in [2.45, 2.75) is 76.7 Å². The number of para-hydroxylation sites is 1. The van der Waals surface area contributed by atoms with Gasteiger partial charge in [-0.25, -0.2) is 4.79 Å². The number of piperazine rings is 1. The Labute approximate surface area is 285 Å². The van der Waals surface area contributed by atoms with Gasteiger partial charge in [-0.15, -0.1) is 0 Å². The lowest BCUT2D eigenvalue weighted by atomic mass is 9.99. The van der Waals surface area contributed by atoms with Crippen molar-refractivity contribution in [2.24, 2.45) is 0 Å². The fraction of sp³-hybridized carbons (Fsp3) is 0.611. The van der Waals surface area contributed by atoms with E-state index < -0.39 is 0 Å². The summed E-state index contributed by atoms with van der Waals surface area (Å²) in [4.78, 5) is 38.9. The van der Waals surface area contributed by atoms with E-state index in [0.29, 0.717) is 23.2 Å². The molecule has 11 heteroatoms. The van der Waals surface area contributed by atoms with Crippen LogP contribution >= 0.6 is 11.6 Å². The number of nitrogens with two attached hydrogens (primary N) is 1. The molecule has 2 aromatic carbocycles. The Hall–Kier alpha value is -2.89. The summed E-state index contributed by atoms with van der Waals surface area (Å²) in [6.07, 6.45) is 5.62. The number of hydrogen-bond donors (Lipinski definition) is 3. The second kappa shape index (κ2) is 15.1. The molecule has 4 aliphatic heterocycles. The fourth-order valence-corrected chi connectivity index (χ4v) is 8.29. The molecule has 3 fully saturated rings. The highest BCUT2D eigenvalue weighted by atomic mass is 35.5. The molecule has 4 aliphatic rings. The highest BCUT2D eigenvalue weighted by Gasteiger charge is 2.35. The lowest BCUT2D eigenvalue weighted by Crippen LogP contribution is -2.60. The Morgan fingerprint density at radius 3 is 2.36 bits per heavy atom. The second-order valence-corrected chi connectivity index (χ2v) is 14.5. The van der Waals surface area contributed by atoms with Gasteiger partial charge in [0.25, 0.3) is 0 Å². The SMILES string of the molecule is Cc1cc(C[C@@H](NC(C)N2CCC(N3CCc4ccccc4NC3=O)CC2)C(=O)N2CCN(C3CCN(C)CC3)CC2)cc(Cl)c1N. The van der Waals surface area contributed by atoms with E-state index in [9.17, 15) is 9.59 Å². The minimum absolute atomic E-state index is 0.00129. The number of rotatable bonds is 8. The van der Waals surface area contributed by atoms with Gasteiger partial charge in [-0.2, -0.15) is 0 Å². The molecule has 3 saturated heterocycles. The van der Waals surface area contributed by atoms with Crippen LogP contribution in [0.2, 0.25) is 5.02 Å². The minimum atomic E-state index is -0.383. The molecule has 4 heterocycles. The number of nitrogen functional groups attached to an aromatic ring is 1. The average Bonchev–Trinajstić information content (AvgIpc) is 3.25. The number of benzene rings is 2. The number of fused-ring (bicyclic) bond motifs is 1.